The second-order valence-corrected chi connectivity index (χ2v) is 5.11. The van der Waals surface area contributed by atoms with Crippen LogP contribution in [0, 0.1) is 5.82 Å². The van der Waals surface area contributed by atoms with E-state index < -0.39 is 0 Å². The minimum atomic E-state index is -0.304. The highest BCUT2D eigenvalue weighted by Crippen LogP contribution is 2.33. The highest BCUT2D eigenvalue weighted by molar-refractivity contribution is 5.78. The average Bonchev–Trinajstić information content (AvgIpc) is 3.07. The molecule has 0 saturated carbocycles. The smallest absolute Gasteiger partial charge is 0.249 e. The van der Waals surface area contributed by atoms with Gasteiger partial charge in [0.1, 0.15) is 11.9 Å². The molecule has 1 aromatic carbocycles. The van der Waals surface area contributed by atoms with E-state index >= 15 is 0 Å². The van der Waals surface area contributed by atoms with Crippen LogP contribution in [0.1, 0.15) is 43.1 Å². The molecule has 3 rings (SSSR count). The molecule has 1 fully saturated rings. The zero-order valence-corrected chi connectivity index (χ0v) is 11.8. The normalized spacial score (nSPS) is 18.5. The Labute approximate surface area is 121 Å². The Balaban J connectivity index is 1.82. The van der Waals surface area contributed by atoms with Crippen LogP contribution in [0.5, 0.6) is 0 Å². The number of hydrogen-bond acceptors (Lipinski definition) is 4. The molecule has 1 aliphatic heterocycles. The second-order valence-electron chi connectivity index (χ2n) is 5.11. The molecule has 1 unspecified atom stereocenters. The van der Waals surface area contributed by atoms with Crippen molar-refractivity contribution in [1.82, 2.24) is 15.0 Å². The first-order valence-corrected chi connectivity index (χ1v) is 7.03. The first kappa shape index (κ1) is 13.7. The Bertz CT molecular complexity index is 656. The third-order valence-corrected chi connectivity index (χ3v) is 3.66. The van der Waals surface area contributed by atoms with Crippen LogP contribution in [-0.2, 0) is 17.8 Å². The molecule has 21 heavy (non-hydrogen) atoms. The third kappa shape index (κ3) is 2.79. The second kappa shape index (κ2) is 5.63. The zero-order chi connectivity index (χ0) is 14.8. The van der Waals surface area contributed by atoms with Gasteiger partial charge in [0.2, 0.25) is 11.8 Å². The van der Waals surface area contributed by atoms with Gasteiger partial charge in [0, 0.05) is 19.4 Å². The lowest BCUT2D eigenvalue weighted by molar-refractivity contribution is -0.130. The molecule has 1 atom stereocenters. The summed E-state index contributed by atoms with van der Waals surface area (Å²) in [6, 6.07) is 6.05. The number of benzene rings is 1. The van der Waals surface area contributed by atoms with Gasteiger partial charge in [-0.05, 0) is 24.1 Å². The van der Waals surface area contributed by atoms with E-state index in [1.54, 1.807) is 17.0 Å². The number of hydrogen-bond donors (Lipinski definition) is 0. The van der Waals surface area contributed by atoms with E-state index in [0.717, 1.165) is 5.56 Å². The van der Waals surface area contributed by atoms with Crippen LogP contribution in [-0.4, -0.2) is 20.9 Å². The molecule has 0 radical (unpaired) electrons. The van der Waals surface area contributed by atoms with Gasteiger partial charge in [-0.3, -0.25) is 4.79 Å². The summed E-state index contributed by atoms with van der Waals surface area (Å²) in [6.45, 7) is 2.30. The van der Waals surface area contributed by atoms with Crippen molar-refractivity contribution in [2.24, 2.45) is 0 Å². The van der Waals surface area contributed by atoms with Crippen molar-refractivity contribution in [2.75, 3.05) is 0 Å². The van der Waals surface area contributed by atoms with Gasteiger partial charge in [-0.2, -0.15) is 4.98 Å². The molecule has 0 bridgehead atoms. The molecule has 6 heteroatoms. The molecule has 1 saturated heterocycles. The Kier molecular flexibility index (Phi) is 3.68. The summed E-state index contributed by atoms with van der Waals surface area (Å²) in [6.07, 6.45) is 1.79. The maximum absolute atomic E-state index is 13.3. The van der Waals surface area contributed by atoms with E-state index in [1.807, 2.05) is 6.92 Å². The van der Waals surface area contributed by atoms with E-state index in [0.29, 0.717) is 37.5 Å². The molecule has 2 heterocycles. The maximum atomic E-state index is 13.3. The molecule has 1 amide bonds. The molecular formula is C15H16FN3O2. The van der Waals surface area contributed by atoms with Gasteiger partial charge in [-0.1, -0.05) is 24.2 Å². The maximum Gasteiger partial charge on any atom is 0.249 e. The Morgan fingerprint density at radius 3 is 3.05 bits per heavy atom. The minimum Gasteiger partial charge on any atom is -0.337 e. The number of carbonyl (C=O) groups excluding carboxylic acids is 1. The lowest BCUT2D eigenvalue weighted by atomic mass is 10.2. The monoisotopic (exact) mass is 289 g/mol. The molecule has 1 aliphatic rings. The number of aryl methyl sites for hydroxylation is 1. The summed E-state index contributed by atoms with van der Waals surface area (Å²) in [5.41, 5.74) is 0.755. The number of amides is 1. The lowest BCUT2D eigenvalue weighted by Crippen LogP contribution is -2.27. The molecule has 2 aromatic rings. The molecule has 0 spiro atoms. The first-order chi connectivity index (χ1) is 10.2. The quantitative estimate of drug-likeness (QED) is 0.868. The predicted molar refractivity (Wildman–Crippen MR) is 72.6 cm³/mol. The Morgan fingerprint density at radius 1 is 1.48 bits per heavy atom. The fraction of sp³-hybridized carbons (Fsp3) is 0.400. The summed E-state index contributed by atoms with van der Waals surface area (Å²) < 4.78 is 18.5. The largest absolute Gasteiger partial charge is 0.337 e. The van der Waals surface area contributed by atoms with Gasteiger partial charge in [0.15, 0.2) is 5.82 Å². The number of likely N-dealkylation sites (tertiary alicyclic amines) is 1. The van der Waals surface area contributed by atoms with E-state index in [9.17, 15) is 9.18 Å². The molecule has 5 nitrogen and oxygen atoms in total. The Hall–Kier alpha value is -2.24. The van der Waals surface area contributed by atoms with Gasteiger partial charge in [-0.15, -0.1) is 0 Å². The van der Waals surface area contributed by atoms with Crippen molar-refractivity contribution in [2.45, 2.75) is 38.8 Å². The van der Waals surface area contributed by atoms with Crippen molar-refractivity contribution in [3.05, 3.63) is 47.4 Å². The summed E-state index contributed by atoms with van der Waals surface area (Å²) in [5, 5.41) is 3.88. The van der Waals surface area contributed by atoms with Crippen LogP contribution in [0.3, 0.4) is 0 Å². The summed E-state index contributed by atoms with van der Waals surface area (Å²) in [5.74, 6) is 0.825. The topological polar surface area (TPSA) is 59.2 Å². The van der Waals surface area contributed by atoms with Gasteiger partial charge in [-0.25, -0.2) is 4.39 Å². The number of carbonyl (C=O) groups is 1. The van der Waals surface area contributed by atoms with E-state index in [1.165, 1.54) is 12.1 Å². The summed E-state index contributed by atoms with van der Waals surface area (Å²) >= 11 is 0. The zero-order valence-electron chi connectivity index (χ0n) is 11.8. The van der Waals surface area contributed by atoms with E-state index in [4.69, 9.17) is 4.52 Å². The van der Waals surface area contributed by atoms with Crippen molar-refractivity contribution in [3.8, 4) is 0 Å². The lowest BCUT2D eigenvalue weighted by Gasteiger charge is -2.22. The van der Waals surface area contributed by atoms with E-state index in [2.05, 4.69) is 10.1 Å². The average molecular weight is 289 g/mol. The molecular weight excluding hydrogens is 273 g/mol. The summed E-state index contributed by atoms with van der Waals surface area (Å²) in [7, 11) is 0. The molecule has 1 aromatic heterocycles. The van der Waals surface area contributed by atoms with Crippen molar-refractivity contribution < 1.29 is 13.7 Å². The van der Waals surface area contributed by atoms with Gasteiger partial charge >= 0.3 is 0 Å². The van der Waals surface area contributed by atoms with Crippen molar-refractivity contribution >= 4 is 5.91 Å². The van der Waals surface area contributed by atoms with Crippen LogP contribution in [0.15, 0.2) is 28.8 Å². The number of nitrogens with zero attached hydrogens (tertiary/aromatic N) is 3. The fourth-order valence-electron chi connectivity index (χ4n) is 2.57. The van der Waals surface area contributed by atoms with Crippen LogP contribution >= 0.6 is 0 Å². The molecule has 0 N–H and O–H groups in total. The number of rotatable bonds is 4. The Morgan fingerprint density at radius 2 is 2.33 bits per heavy atom. The highest BCUT2D eigenvalue weighted by Gasteiger charge is 2.35. The predicted octanol–water partition coefficient (Wildman–Crippen LogP) is 2.63. The summed E-state index contributed by atoms with van der Waals surface area (Å²) in [4.78, 5) is 18.1. The van der Waals surface area contributed by atoms with Crippen molar-refractivity contribution in [3.63, 3.8) is 0 Å². The highest BCUT2D eigenvalue weighted by atomic mass is 19.1. The van der Waals surface area contributed by atoms with Crippen LogP contribution < -0.4 is 0 Å². The number of halogens is 1. The SMILES string of the molecule is CCc1noc(C2CCC(=O)N2Cc2cccc(F)c2)n1. The van der Waals surface area contributed by atoms with Crippen LogP contribution in [0.2, 0.25) is 0 Å². The fourth-order valence-corrected chi connectivity index (χ4v) is 2.57. The number of aromatic nitrogens is 2. The van der Waals surface area contributed by atoms with Crippen LogP contribution in [0.4, 0.5) is 4.39 Å². The van der Waals surface area contributed by atoms with Gasteiger partial charge < -0.3 is 9.42 Å². The first-order valence-electron chi connectivity index (χ1n) is 7.03. The van der Waals surface area contributed by atoms with E-state index in [-0.39, 0.29) is 17.8 Å². The van der Waals surface area contributed by atoms with Gasteiger partial charge in [0.05, 0.1) is 0 Å². The van der Waals surface area contributed by atoms with Crippen molar-refractivity contribution in [1.29, 1.82) is 0 Å². The van der Waals surface area contributed by atoms with Gasteiger partial charge in [0.25, 0.3) is 0 Å². The minimum absolute atomic E-state index is 0.0282. The third-order valence-electron chi connectivity index (χ3n) is 3.66. The standard InChI is InChI=1S/C15H16FN3O2/c1-2-13-17-15(21-18-13)12-6-7-14(20)19(12)9-10-4-3-5-11(16)8-10/h3-5,8,12H,2,6-7,9H2,1H3. The molecule has 110 valence electrons. The van der Waals surface area contributed by atoms with Crippen LogP contribution in [0.25, 0.3) is 0 Å². The molecule has 0 aliphatic carbocycles.